The number of halogens is 3. The lowest BCUT2D eigenvalue weighted by Gasteiger charge is -2.20. The number of anilines is 2. The first-order chi connectivity index (χ1) is 17.1. The first-order valence-corrected chi connectivity index (χ1v) is 12.1. The Morgan fingerprint density at radius 2 is 1.69 bits per heavy atom. The molecule has 2 N–H and O–H groups in total. The molecule has 2 aromatic carbocycles. The molecule has 0 radical (unpaired) electrons. The molecule has 1 heterocycles. The Morgan fingerprint density at radius 1 is 0.972 bits per heavy atom. The van der Waals surface area contributed by atoms with Crippen molar-refractivity contribution >= 4 is 39.8 Å². The molecule has 0 bridgehead atoms. The third-order valence-corrected chi connectivity index (χ3v) is 6.90. The van der Waals surface area contributed by atoms with Crippen LogP contribution in [0.2, 0.25) is 0 Å². The number of rotatable bonds is 6. The summed E-state index contributed by atoms with van der Waals surface area (Å²) < 4.78 is 45.0. The van der Waals surface area contributed by atoms with Gasteiger partial charge in [-0.3, -0.25) is 9.59 Å². The van der Waals surface area contributed by atoms with Crippen LogP contribution in [0, 0.1) is 0 Å². The molecule has 1 unspecified atom stereocenters. The van der Waals surface area contributed by atoms with E-state index in [1.165, 1.54) is 30.4 Å². The van der Waals surface area contributed by atoms with Crippen molar-refractivity contribution in [2.75, 3.05) is 10.6 Å². The van der Waals surface area contributed by atoms with Gasteiger partial charge in [0.1, 0.15) is 5.00 Å². The Labute approximate surface area is 209 Å². The van der Waals surface area contributed by atoms with Crippen molar-refractivity contribution in [3.8, 4) is 0 Å². The van der Waals surface area contributed by atoms with Crippen molar-refractivity contribution in [1.29, 1.82) is 0 Å². The first-order valence-electron chi connectivity index (χ1n) is 11.3. The summed E-state index contributed by atoms with van der Waals surface area (Å²) in [7, 11) is 0. The lowest BCUT2D eigenvalue weighted by molar-refractivity contribution is -0.137. The molecule has 4 rings (SSSR count). The van der Waals surface area contributed by atoms with E-state index in [4.69, 9.17) is 4.74 Å². The second-order valence-corrected chi connectivity index (χ2v) is 9.47. The van der Waals surface area contributed by atoms with Crippen molar-refractivity contribution < 1.29 is 32.3 Å². The molecule has 1 aromatic heterocycles. The summed E-state index contributed by atoms with van der Waals surface area (Å²) in [4.78, 5) is 39.3. The molecule has 0 saturated carbocycles. The number of nitrogens with one attached hydrogen (secondary N) is 2. The summed E-state index contributed by atoms with van der Waals surface area (Å²) in [6, 6.07) is 12.4. The smallest absolute Gasteiger partial charge is 0.416 e. The van der Waals surface area contributed by atoms with Gasteiger partial charge in [-0.05, 0) is 49.4 Å². The molecule has 3 aromatic rings. The Hall–Kier alpha value is -3.66. The zero-order valence-electron chi connectivity index (χ0n) is 19.3. The van der Waals surface area contributed by atoms with E-state index in [0.717, 1.165) is 41.8 Å². The van der Waals surface area contributed by atoms with Crippen LogP contribution in [0.4, 0.5) is 23.9 Å². The quantitative estimate of drug-likeness (QED) is 0.386. The number of fused-ring (bicyclic) bond motifs is 1. The number of esters is 1. The maximum Gasteiger partial charge on any atom is 0.416 e. The van der Waals surface area contributed by atoms with Crippen LogP contribution < -0.4 is 10.6 Å². The Morgan fingerprint density at radius 3 is 2.39 bits per heavy atom. The number of ether oxygens (including phenoxy) is 1. The highest BCUT2D eigenvalue weighted by Crippen LogP contribution is 2.39. The number of benzene rings is 2. The van der Waals surface area contributed by atoms with Gasteiger partial charge in [-0.2, -0.15) is 13.2 Å². The minimum Gasteiger partial charge on any atom is -0.444 e. The molecule has 2 amide bonds. The van der Waals surface area contributed by atoms with E-state index in [1.54, 1.807) is 30.3 Å². The highest BCUT2D eigenvalue weighted by molar-refractivity contribution is 7.17. The third-order valence-electron chi connectivity index (χ3n) is 5.69. The molecule has 1 aliphatic carbocycles. The van der Waals surface area contributed by atoms with E-state index in [9.17, 15) is 27.6 Å². The van der Waals surface area contributed by atoms with Crippen molar-refractivity contribution in [1.82, 2.24) is 0 Å². The van der Waals surface area contributed by atoms with E-state index in [2.05, 4.69) is 10.6 Å². The van der Waals surface area contributed by atoms with Gasteiger partial charge in [-0.15, -0.1) is 11.3 Å². The monoisotopic (exact) mass is 516 g/mol. The SMILES string of the molecule is CC(=O)Nc1sc2c(c1C(=O)OC(C(=O)Nc1cccc(C(F)(F)F)c1)c1ccccc1)CCCC2. The zero-order valence-corrected chi connectivity index (χ0v) is 20.1. The number of carbonyl (C=O) groups is 3. The lowest BCUT2D eigenvalue weighted by atomic mass is 9.95. The average molecular weight is 517 g/mol. The van der Waals surface area contributed by atoms with E-state index >= 15 is 0 Å². The molecule has 0 fully saturated rings. The number of alkyl halides is 3. The van der Waals surface area contributed by atoms with Gasteiger partial charge < -0.3 is 15.4 Å². The Kier molecular flexibility index (Phi) is 7.44. The maximum atomic E-state index is 13.4. The number of hydrogen-bond acceptors (Lipinski definition) is 5. The van der Waals surface area contributed by atoms with Gasteiger partial charge >= 0.3 is 12.1 Å². The highest BCUT2D eigenvalue weighted by Gasteiger charge is 2.33. The molecule has 1 atom stereocenters. The van der Waals surface area contributed by atoms with Crippen LogP contribution in [0.1, 0.15) is 57.8 Å². The fourth-order valence-corrected chi connectivity index (χ4v) is 5.40. The van der Waals surface area contributed by atoms with Crippen LogP contribution in [0.25, 0.3) is 0 Å². The second-order valence-electron chi connectivity index (χ2n) is 8.36. The summed E-state index contributed by atoms with van der Waals surface area (Å²) in [6.45, 7) is 1.34. The highest BCUT2D eigenvalue weighted by atomic mass is 32.1. The average Bonchev–Trinajstić information content (AvgIpc) is 3.19. The summed E-state index contributed by atoms with van der Waals surface area (Å²) in [5.41, 5.74) is 0.361. The fraction of sp³-hybridized carbons (Fsp3) is 0.269. The van der Waals surface area contributed by atoms with Crippen molar-refractivity contribution in [3.63, 3.8) is 0 Å². The van der Waals surface area contributed by atoms with E-state index in [0.29, 0.717) is 17.0 Å². The third kappa shape index (κ3) is 5.76. The normalized spacial score (nSPS) is 13.9. The van der Waals surface area contributed by atoms with Gasteiger partial charge in [0, 0.05) is 23.1 Å². The summed E-state index contributed by atoms with van der Waals surface area (Å²) in [5.74, 6) is -1.94. The van der Waals surface area contributed by atoms with Gasteiger partial charge in [0.2, 0.25) is 12.0 Å². The van der Waals surface area contributed by atoms with Crippen molar-refractivity contribution in [2.24, 2.45) is 0 Å². The zero-order chi connectivity index (χ0) is 25.9. The van der Waals surface area contributed by atoms with Crippen LogP contribution in [-0.4, -0.2) is 17.8 Å². The molecule has 10 heteroatoms. The largest absolute Gasteiger partial charge is 0.444 e. The van der Waals surface area contributed by atoms with Gasteiger partial charge in [-0.1, -0.05) is 36.4 Å². The fourth-order valence-electron chi connectivity index (χ4n) is 4.08. The molecular weight excluding hydrogens is 493 g/mol. The van der Waals surface area contributed by atoms with E-state index in [-0.39, 0.29) is 17.2 Å². The predicted molar refractivity (Wildman–Crippen MR) is 130 cm³/mol. The van der Waals surface area contributed by atoms with Crippen LogP contribution >= 0.6 is 11.3 Å². The second kappa shape index (κ2) is 10.5. The van der Waals surface area contributed by atoms with Crippen LogP contribution in [0.5, 0.6) is 0 Å². The standard InChI is InChI=1S/C26H23F3N2O4S/c1-15(32)30-24-21(19-12-5-6-13-20(19)36-24)25(34)35-22(16-8-3-2-4-9-16)23(33)31-18-11-7-10-17(14-18)26(27,28)29/h2-4,7-11,14,22H,5-6,12-13H2,1H3,(H,30,32)(H,31,33). The molecule has 6 nitrogen and oxygen atoms in total. The van der Waals surface area contributed by atoms with Crippen LogP contribution in [0.15, 0.2) is 54.6 Å². The molecule has 188 valence electrons. The molecule has 36 heavy (non-hydrogen) atoms. The van der Waals surface area contributed by atoms with Crippen LogP contribution in [0.3, 0.4) is 0 Å². The molecular formula is C26H23F3N2O4S. The number of thiophene rings is 1. The lowest BCUT2D eigenvalue weighted by Crippen LogP contribution is -2.26. The molecule has 0 saturated heterocycles. The van der Waals surface area contributed by atoms with Gasteiger partial charge in [0.25, 0.3) is 5.91 Å². The maximum absolute atomic E-state index is 13.4. The summed E-state index contributed by atoms with van der Waals surface area (Å²) in [6.07, 6.45) is -2.75. The minimum atomic E-state index is -4.58. The molecule has 1 aliphatic rings. The van der Waals surface area contributed by atoms with Gasteiger partial charge in [-0.25, -0.2) is 4.79 Å². The van der Waals surface area contributed by atoms with Gasteiger partial charge in [0.15, 0.2) is 0 Å². The summed E-state index contributed by atoms with van der Waals surface area (Å²) in [5, 5.41) is 5.48. The van der Waals surface area contributed by atoms with E-state index < -0.39 is 29.7 Å². The number of amides is 2. The number of aryl methyl sites for hydroxylation is 1. The van der Waals surface area contributed by atoms with Gasteiger partial charge in [0.05, 0.1) is 11.1 Å². The molecule has 0 aliphatic heterocycles. The topological polar surface area (TPSA) is 84.5 Å². The number of hydrogen-bond donors (Lipinski definition) is 2. The summed E-state index contributed by atoms with van der Waals surface area (Å²) >= 11 is 1.32. The predicted octanol–water partition coefficient (Wildman–Crippen LogP) is 6.14. The first kappa shape index (κ1) is 25.4. The Balaban J connectivity index is 1.65. The van der Waals surface area contributed by atoms with Crippen molar-refractivity contribution in [3.05, 3.63) is 81.7 Å². The molecule has 0 spiro atoms. The minimum absolute atomic E-state index is 0.0846. The van der Waals surface area contributed by atoms with Crippen LogP contribution in [-0.2, 0) is 33.3 Å². The number of carbonyl (C=O) groups excluding carboxylic acids is 3. The Bertz CT molecular complexity index is 1290. The van der Waals surface area contributed by atoms with Crippen molar-refractivity contribution in [2.45, 2.75) is 44.9 Å². The van der Waals surface area contributed by atoms with E-state index in [1.807, 2.05) is 0 Å².